The first-order valence-electron chi connectivity index (χ1n) is 5.41. The molecule has 0 unspecified atom stereocenters. The molecule has 19 heavy (non-hydrogen) atoms. The first-order valence-corrected chi connectivity index (χ1v) is 5.79. The van der Waals surface area contributed by atoms with Gasteiger partial charge in [-0.05, 0) is 17.7 Å². The van der Waals surface area contributed by atoms with Crippen molar-refractivity contribution in [2.75, 3.05) is 19.5 Å². The van der Waals surface area contributed by atoms with E-state index in [1.54, 1.807) is 18.2 Å². The average Bonchev–Trinajstić information content (AvgIpc) is 2.84. The molecule has 0 aliphatic carbocycles. The number of furan rings is 1. The molecule has 1 heterocycles. The zero-order chi connectivity index (χ0) is 13.8. The molecule has 6 heteroatoms. The fourth-order valence-corrected chi connectivity index (χ4v) is 1.73. The van der Waals surface area contributed by atoms with E-state index in [2.05, 4.69) is 5.32 Å². The number of hydrogen-bond acceptors (Lipinski definition) is 4. The van der Waals surface area contributed by atoms with Gasteiger partial charge in [0, 0.05) is 23.9 Å². The smallest absolute Gasteiger partial charge is 0.260 e. The second kappa shape index (κ2) is 5.67. The molecule has 0 spiro atoms. The van der Waals surface area contributed by atoms with Crippen LogP contribution in [-0.2, 0) is 0 Å². The van der Waals surface area contributed by atoms with Crippen LogP contribution in [0.2, 0.25) is 5.22 Å². The van der Waals surface area contributed by atoms with Crippen molar-refractivity contribution in [3.63, 3.8) is 0 Å². The van der Waals surface area contributed by atoms with Crippen molar-refractivity contribution in [3.8, 4) is 11.5 Å². The number of benzene rings is 1. The van der Waals surface area contributed by atoms with E-state index in [4.69, 9.17) is 25.5 Å². The van der Waals surface area contributed by atoms with E-state index in [-0.39, 0.29) is 16.7 Å². The summed E-state index contributed by atoms with van der Waals surface area (Å²) < 4.78 is 15.1. The summed E-state index contributed by atoms with van der Waals surface area (Å²) >= 11 is 5.74. The third kappa shape index (κ3) is 3.00. The number of rotatable bonds is 4. The van der Waals surface area contributed by atoms with Crippen LogP contribution in [0.4, 0.5) is 5.69 Å². The quantitative estimate of drug-likeness (QED) is 0.935. The van der Waals surface area contributed by atoms with Gasteiger partial charge in [0.1, 0.15) is 11.5 Å². The fraction of sp³-hybridized carbons (Fsp3) is 0.154. The third-order valence-electron chi connectivity index (χ3n) is 2.47. The maximum Gasteiger partial charge on any atom is 0.260 e. The third-order valence-corrected chi connectivity index (χ3v) is 2.76. The summed E-state index contributed by atoms with van der Waals surface area (Å²) in [6.07, 6.45) is 1.35. The molecular formula is C13H12ClNO4. The lowest BCUT2D eigenvalue weighted by molar-refractivity contribution is 0.102. The molecule has 1 amide bonds. The van der Waals surface area contributed by atoms with Gasteiger partial charge in [-0.15, -0.1) is 0 Å². The highest BCUT2D eigenvalue weighted by Gasteiger charge is 2.14. The number of methoxy groups -OCH3 is 2. The van der Waals surface area contributed by atoms with Crippen LogP contribution in [0.25, 0.3) is 0 Å². The molecule has 1 aromatic heterocycles. The molecule has 5 nitrogen and oxygen atoms in total. The van der Waals surface area contributed by atoms with Gasteiger partial charge >= 0.3 is 0 Å². The van der Waals surface area contributed by atoms with Gasteiger partial charge in [-0.1, -0.05) is 0 Å². The number of carbonyl (C=O) groups is 1. The van der Waals surface area contributed by atoms with Gasteiger partial charge in [0.25, 0.3) is 5.91 Å². The normalized spacial score (nSPS) is 10.1. The Balaban J connectivity index is 2.23. The number of hydrogen-bond donors (Lipinski definition) is 1. The number of halogens is 1. The lowest BCUT2D eigenvalue weighted by Gasteiger charge is -2.09. The maximum absolute atomic E-state index is 12.0. The minimum absolute atomic E-state index is 0.0485. The van der Waals surface area contributed by atoms with Crippen LogP contribution in [-0.4, -0.2) is 20.1 Å². The van der Waals surface area contributed by atoms with Crippen LogP contribution in [0.5, 0.6) is 11.5 Å². The van der Waals surface area contributed by atoms with E-state index in [0.717, 1.165) is 0 Å². The Morgan fingerprint density at radius 3 is 2.32 bits per heavy atom. The van der Waals surface area contributed by atoms with Crippen molar-refractivity contribution >= 4 is 23.2 Å². The predicted molar refractivity (Wildman–Crippen MR) is 71.2 cm³/mol. The number of amides is 1. The summed E-state index contributed by atoms with van der Waals surface area (Å²) in [5.41, 5.74) is 0.807. The van der Waals surface area contributed by atoms with Gasteiger partial charge in [-0.2, -0.15) is 0 Å². The largest absolute Gasteiger partial charge is 0.497 e. The molecule has 0 atom stereocenters. The van der Waals surface area contributed by atoms with Gasteiger partial charge in [0.15, 0.2) is 0 Å². The number of nitrogens with one attached hydrogen (secondary N) is 1. The summed E-state index contributed by atoms with van der Waals surface area (Å²) in [5, 5.41) is 2.74. The molecule has 0 saturated heterocycles. The lowest BCUT2D eigenvalue weighted by atomic mass is 10.2. The Morgan fingerprint density at radius 2 is 1.84 bits per heavy atom. The van der Waals surface area contributed by atoms with E-state index >= 15 is 0 Å². The standard InChI is InChI=1S/C13H12ClNO4/c1-17-9-5-8(6-10(7-9)18-2)15-13(16)11-3-4-19-12(11)14/h3-7H,1-2H3,(H,15,16). The summed E-state index contributed by atoms with van der Waals surface area (Å²) in [4.78, 5) is 12.0. The van der Waals surface area contributed by atoms with Crippen LogP contribution in [0.1, 0.15) is 10.4 Å². The zero-order valence-electron chi connectivity index (χ0n) is 10.4. The van der Waals surface area contributed by atoms with Crippen molar-refractivity contribution in [2.45, 2.75) is 0 Å². The first-order chi connectivity index (χ1) is 9.13. The lowest BCUT2D eigenvalue weighted by Crippen LogP contribution is -2.11. The Hall–Kier alpha value is -2.14. The van der Waals surface area contributed by atoms with E-state index < -0.39 is 0 Å². The highest BCUT2D eigenvalue weighted by Crippen LogP contribution is 2.26. The molecular weight excluding hydrogens is 270 g/mol. The van der Waals surface area contributed by atoms with Crippen LogP contribution in [0, 0.1) is 0 Å². The minimum atomic E-state index is -0.367. The zero-order valence-corrected chi connectivity index (χ0v) is 11.2. The van der Waals surface area contributed by atoms with Crippen LogP contribution >= 0.6 is 11.6 Å². The topological polar surface area (TPSA) is 60.7 Å². The average molecular weight is 282 g/mol. The van der Waals surface area contributed by atoms with Crippen molar-refractivity contribution in [1.29, 1.82) is 0 Å². The van der Waals surface area contributed by atoms with E-state index in [1.807, 2.05) is 0 Å². The van der Waals surface area contributed by atoms with Gasteiger partial charge < -0.3 is 19.2 Å². The highest BCUT2D eigenvalue weighted by molar-refractivity contribution is 6.32. The summed E-state index contributed by atoms with van der Waals surface area (Å²) in [6.45, 7) is 0. The first kappa shape index (κ1) is 13.3. The number of ether oxygens (including phenoxy) is 2. The molecule has 2 aromatic rings. The molecule has 100 valence electrons. The second-order valence-electron chi connectivity index (χ2n) is 3.66. The van der Waals surface area contributed by atoms with Crippen LogP contribution in [0.15, 0.2) is 34.9 Å². The molecule has 2 rings (SSSR count). The van der Waals surface area contributed by atoms with Gasteiger partial charge in [0.2, 0.25) is 5.22 Å². The Kier molecular flexibility index (Phi) is 3.97. The Bertz CT molecular complexity index is 572. The second-order valence-corrected chi connectivity index (χ2v) is 4.01. The van der Waals surface area contributed by atoms with Gasteiger partial charge in [0.05, 0.1) is 26.0 Å². The number of anilines is 1. The maximum atomic E-state index is 12.0. The SMILES string of the molecule is COc1cc(NC(=O)c2ccoc2Cl)cc(OC)c1. The Morgan fingerprint density at radius 1 is 1.21 bits per heavy atom. The molecule has 0 saturated carbocycles. The Labute approximate surface area is 115 Å². The monoisotopic (exact) mass is 281 g/mol. The molecule has 1 N–H and O–H groups in total. The molecule has 0 aliphatic heterocycles. The minimum Gasteiger partial charge on any atom is -0.497 e. The predicted octanol–water partition coefficient (Wildman–Crippen LogP) is 3.20. The van der Waals surface area contributed by atoms with Crippen molar-refractivity contribution in [3.05, 3.63) is 41.3 Å². The fourth-order valence-electron chi connectivity index (χ4n) is 1.53. The molecule has 0 aliphatic rings. The van der Waals surface area contributed by atoms with Gasteiger partial charge in [-0.3, -0.25) is 4.79 Å². The molecule has 0 radical (unpaired) electrons. The summed E-state index contributed by atoms with van der Waals surface area (Å²) in [7, 11) is 3.07. The summed E-state index contributed by atoms with van der Waals surface area (Å²) in [6, 6.07) is 6.55. The van der Waals surface area contributed by atoms with E-state index in [1.165, 1.54) is 26.5 Å². The van der Waals surface area contributed by atoms with Crippen molar-refractivity contribution in [2.24, 2.45) is 0 Å². The van der Waals surface area contributed by atoms with Gasteiger partial charge in [-0.25, -0.2) is 0 Å². The summed E-state index contributed by atoms with van der Waals surface area (Å²) in [5.74, 6) is 0.787. The van der Waals surface area contributed by atoms with Crippen LogP contribution < -0.4 is 14.8 Å². The number of carbonyl (C=O) groups excluding carboxylic acids is 1. The van der Waals surface area contributed by atoms with E-state index in [9.17, 15) is 4.79 Å². The molecule has 1 aromatic carbocycles. The molecule has 0 bridgehead atoms. The van der Waals surface area contributed by atoms with Crippen LogP contribution in [0.3, 0.4) is 0 Å². The van der Waals surface area contributed by atoms with Crippen molar-refractivity contribution in [1.82, 2.24) is 0 Å². The molecule has 0 fully saturated rings. The highest BCUT2D eigenvalue weighted by atomic mass is 35.5. The van der Waals surface area contributed by atoms with Crippen molar-refractivity contribution < 1.29 is 18.7 Å². The van der Waals surface area contributed by atoms with E-state index in [0.29, 0.717) is 17.2 Å².